The number of halogens is 5. The Morgan fingerprint density at radius 2 is 1.59 bits per heavy atom. The van der Waals surface area contributed by atoms with E-state index in [9.17, 15) is 22.8 Å². The highest BCUT2D eigenvalue weighted by atomic mass is 35.5. The van der Waals surface area contributed by atoms with Crippen molar-refractivity contribution in [1.82, 2.24) is 4.90 Å². The number of nitrogens with one attached hydrogen (secondary N) is 1. The summed E-state index contributed by atoms with van der Waals surface area (Å²) in [4.78, 5) is 26.5. The number of alkyl halides is 3. The fourth-order valence-corrected chi connectivity index (χ4v) is 3.45. The monoisotopic (exact) mass is 444 g/mol. The van der Waals surface area contributed by atoms with Crippen LogP contribution in [0.3, 0.4) is 0 Å². The van der Waals surface area contributed by atoms with Crippen molar-refractivity contribution < 1.29 is 22.8 Å². The van der Waals surface area contributed by atoms with Gasteiger partial charge in [0.25, 0.3) is 5.91 Å². The van der Waals surface area contributed by atoms with Gasteiger partial charge in [0.05, 0.1) is 15.6 Å². The van der Waals surface area contributed by atoms with E-state index in [2.05, 4.69) is 5.32 Å². The number of amides is 2. The molecule has 0 saturated carbocycles. The molecule has 9 heteroatoms. The molecule has 0 atom stereocenters. The van der Waals surface area contributed by atoms with Crippen molar-refractivity contribution in [3.8, 4) is 0 Å². The van der Waals surface area contributed by atoms with Crippen molar-refractivity contribution in [2.45, 2.75) is 19.0 Å². The molecule has 29 heavy (non-hydrogen) atoms. The van der Waals surface area contributed by atoms with E-state index < -0.39 is 11.7 Å². The number of carbonyl (C=O) groups is 2. The molecule has 1 saturated heterocycles. The van der Waals surface area contributed by atoms with Crippen LogP contribution in [0.1, 0.15) is 28.8 Å². The Hall–Kier alpha value is -2.25. The number of rotatable bonds is 3. The van der Waals surface area contributed by atoms with E-state index in [1.807, 2.05) is 0 Å². The van der Waals surface area contributed by atoms with Gasteiger partial charge in [0, 0.05) is 30.3 Å². The molecule has 1 N–H and O–H groups in total. The van der Waals surface area contributed by atoms with Crippen molar-refractivity contribution in [3.63, 3.8) is 0 Å². The van der Waals surface area contributed by atoms with E-state index in [4.69, 9.17) is 23.2 Å². The zero-order chi connectivity index (χ0) is 21.2. The largest absolute Gasteiger partial charge is 0.416 e. The van der Waals surface area contributed by atoms with Crippen LogP contribution in [0.5, 0.6) is 0 Å². The molecule has 0 spiro atoms. The molecule has 154 valence electrons. The first-order valence-electron chi connectivity index (χ1n) is 8.87. The first kappa shape index (κ1) is 21.5. The Labute approximate surface area is 175 Å². The van der Waals surface area contributed by atoms with Gasteiger partial charge in [0.2, 0.25) is 5.91 Å². The zero-order valence-corrected chi connectivity index (χ0v) is 16.6. The maximum absolute atomic E-state index is 12.6. The van der Waals surface area contributed by atoms with Crippen LogP contribution in [0.15, 0.2) is 42.5 Å². The molecule has 0 radical (unpaired) electrons. The van der Waals surface area contributed by atoms with Gasteiger partial charge < -0.3 is 10.2 Å². The first-order chi connectivity index (χ1) is 13.6. The van der Waals surface area contributed by atoms with E-state index in [0.29, 0.717) is 41.7 Å². The fourth-order valence-electron chi connectivity index (χ4n) is 3.15. The normalized spacial score (nSPS) is 15.3. The summed E-state index contributed by atoms with van der Waals surface area (Å²) in [5, 5.41) is 3.51. The van der Waals surface area contributed by atoms with Crippen molar-refractivity contribution in [3.05, 3.63) is 63.6 Å². The van der Waals surface area contributed by atoms with Crippen molar-refractivity contribution in [2.75, 3.05) is 18.4 Å². The molecule has 0 bridgehead atoms. The Morgan fingerprint density at radius 3 is 2.14 bits per heavy atom. The van der Waals surface area contributed by atoms with Gasteiger partial charge in [-0.2, -0.15) is 13.2 Å². The SMILES string of the molecule is O=C(Nc1ccc(Cl)c(Cl)c1)C1CCN(C(=O)c2ccc(C(F)(F)F)cc2)CC1. The number of benzene rings is 2. The highest BCUT2D eigenvalue weighted by molar-refractivity contribution is 6.42. The summed E-state index contributed by atoms with van der Waals surface area (Å²) in [6.45, 7) is 0.693. The Morgan fingerprint density at radius 1 is 0.966 bits per heavy atom. The molecule has 0 aromatic heterocycles. The quantitative estimate of drug-likeness (QED) is 0.678. The number of likely N-dealkylation sites (tertiary alicyclic amines) is 1. The van der Waals surface area contributed by atoms with E-state index in [1.165, 1.54) is 12.1 Å². The summed E-state index contributed by atoms with van der Waals surface area (Å²) >= 11 is 11.8. The smallest absolute Gasteiger partial charge is 0.339 e. The van der Waals surface area contributed by atoms with Gasteiger partial charge in [0.1, 0.15) is 0 Å². The number of hydrogen-bond donors (Lipinski definition) is 1. The van der Waals surface area contributed by atoms with Gasteiger partial charge in [0.15, 0.2) is 0 Å². The molecule has 1 aliphatic rings. The average Bonchev–Trinajstić information content (AvgIpc) is 2.70. The zero-order valence-electron chi connectivity index (χ0n) is 15.1. The molecule has 3 rings (SSSR count). The molecule has 1 heterocycles. The number of hydrogen-bond acceptors (Lipinski definition) is 2. The van der Waals surface area contributed by atoms with Gasteiger partial charge in [-0.1, -0.05) is 23.2 Å². The third-order valence-corrected chi connectivity index (χ3v) is 5.54. The highest BCUT2D eigenvalue weighted by Gasteiger charge is 2.31. The van der Waals surface area contributed by atoms with E-state index in [0.717, 1.165) is 12.1 Å². The predicted molar refractivity (Wildman–Crippen MR) is 105 cm³/mol. The fraction of sp³-hybridized carbons (Fsp3) is 0.300. The van der Waals surface area contributed by atoms with Crippen LogP contribution in [-0.4, -0.2) is 29.8 Å². The molecule has 2 aromatic rings. The van der Waals surface area contributed by atoms with Gasteiger partial charge in [-0.25, -0.2) is 0 Å². The van der Waals surface area contributed by atoms with Crippen molar-refractivity contribution in [2.24, 2.45) is 5.92 Å². The summed E-state index contributed by atoms with van der Waals surface area (Å²) in [6, 6.07) is 8.93. The third-order valence-electron chi connectivity index (χ3n) is 4.80. The molecule has 2 amide bonds. The number of piperidine rings is 1. The molecular formula is C20H17Cl2F3N2O2. The lowest BCUT2D eigenvalue weighted by molar-refractivity contribution is -0.137. The standard InChI is InChI=1S/C20H17Cl2F3N2O2/c21-16-6-5-15(11-17(16)22)26-18(28)12-7-9-27(10-8-12)19(29)13-1-3-14(4-2-13)20(23,24)25/h1-6,11-12H,7-10H2,(H,26,28). The van der Waals surface area contributed by atoms with Gasteiger partial charge >= 0.3 is 6.18 Å². The minimum Gasteiger partial charge on any atom is -0.339 e. The minimum atomic E-state index is -4.44. The topological polar surface area (TPSA) is 49.4 Å². The number of carbonyl (C=O) groups excluding carboxylic acids is 2. The summed E-state index contributed by atoms with van der Waals surface area (Å²) in [6.07, 6.45) is -3.53. The van der Waals surface area contributed by atoms with Crippen LogP contribution in [0.2, 0.25) is 10.0 Å². The summed E-state index contributed by atoms with van der Waals surface area (Å²) < 4.78 is 37.9. The Balaban J connectivity index is 1.56. The van der Waals surface area contributed by atoms with Gasteiger partial charge in [-0.05, 0) is 55.3 Å². The molecule has 1 aliphatic heterocycles. The molecule has 0 aliphatic carbocycles. The molecular weight excluding hydrogens is 428 g/mol. The molecule has 0 unspecified atom stereocenters. The second-order valence-corrected chi connectivity index (χ2v) is 7.57. The second kappa shape index (κ2) is 8.63. The Bertz CT molecular complexity index is 909. The highest BCUT2D eigenvalue weighted by Crippen LogP contribution is 2.30. The Kier molecular flexibility index (Phi) is 6.39. The minimum absolute atomic E-state index is 0.176. The van der Waals surface area contributed by atoms with Crippen LogP contribution >= 0.6 is 23.2 Å². The van der Waals surface area contributed by atoms with Crippen LogP contribution in [0.4, 0.5) is 18.9 Å². The predicted octanol–water partition coefficient (Wildman–Crippen LogP) is 5.50. The maximum atomic E-state index is 12.6. The van der Waals surface area contributed by atoms with Gasteiger partial charge in [-0.15, -0.1) is 0 Å². The summed E-state index contributed by atoms with van der Waals surface area (Å²) in [5.74, 6) is -0.798. The molecule has 4 nitrogen and oxygen atoms in total. The lowest BCUT2D eigenvalue weighted by Crippen LogP contribution is -2.41. The number of nitrogens with zero attached hydrogens (tertiary/aromatic N) is 1. The lowest BCUT2D eigenvalue weighted by atomic mass is 9.95. The van der Waals surface area contributed by atoms with Crippen molar-refractivity contribution in [1.29, 1.82) is 0 Å². The number of anilines is 1. The van der Waals surface area contributed by atoms with Crippen molar-refractivity contribution >= 4 is 40.7 Å². The summed E-state index contributed by atoms with van der Waals surface area (Å²) in [7, 11) is 0. The second-order valence-electron chi connectivity index (χ2n) is 6.76. The third kappa shape index (κ3) is 5.22. The summed E-state index contributed by atoms with van der Waals surface area (Å²) in [5.41, 5.74) is -0.0731. The van der Waals surface area contributed by atoms with Crippen LogP contribution in [0.25, 0.3) is 0 Å². The first-order valence-corrected chi connectivity index (χ1v) is 9.63. The van der Waals surface area contributed by atoms with E-state index >= 15 is 0 Å². The lowest BCUT2D eigenvalue weighted by Gasteiger charge is -2.31. The van der Waals surface area contributed by atoms with E-state index in [1.54, 1.807) is 23.1 Å². The molecule has 2 aromatic carbocycles. The van der Waals surface area contributed by atoms with Gasteiger partial charge in [-0.3, -0.25) is 9.59 Å². The average molecular weight is 445 g/mol. The van der Waals surface area contributed by atoms with Crippen LogP contribution < -0.4 is 5.32 Å². The maximum Gasteiger partial charge on any atom is 0.416 e. The molecule has 1 fully saturated rings. The van der Waals surface area contributed by atoms with E-state index in [-0.39, 0.29) is 23.3 Å². The van der Waals surface area contributed by atoms with Crippen LogP contribution in [0, 0.1) is 5.92 Å². The van der Waals surface area contributed by atoms with Crippen LogP contribution in [-0.2, 0) is 11.0 Å².